The summed E-state index contributed by atoms with van der Waals surface area (Å²) in [6, 6.07) is 6.75. The van der Waals surface area contributed by atoms with Gasteiger partial charge in [-0.3, -0.25) is 4.18 Å². The van der Waals surface area contributed by atoms with Gasteiger partial charge in [0.25, 0.3) is 10.1 Å². The smallest absolute Gasteiger partial charge is 0.266 e. The van der Waals surface area contributed by atoms with Crippen LogP contribution in [0.1, 0.15) is 39.2 Å². The van der Waals surface area contributed by atoms with E-state index >= 15 is 0 Å². The van der Waals surface area contributed by atoms with Crippen LogP contribution in [0.15, 0.2) is 40.8 Å². The first kappa shape index (κ1) is 16.2. The molecule has 4 heteroatoms. The van der Waals surface area contributed by atoms with Crippen LogP contribution in [0.2, 0.25) is 0 Å². The molecular weight excluding hydrogens is 284 g/mol. The van der Waals surface area contributed by atoms with Crippen LogP contribution in [0.25, 0.3) is 0 Å². The second-order valence-electron chi connectivity index (χ2n) is 6.59. The topological polar surface area (TPSA) is 43.4 Å². The van der Waals surface area contributed by atoms with Crippen LogP contribution in [0.5, 0.6) is 0 Å². The van der Waals surface area contributed by atoms with Crippen LogP contribution in [0.3, 0.4) is 0 Å². The van der Waals surface area contributed by atoms with Crippen molar-refractivity contribution in [3.05, 3.63) is 41.5 Å². The summed E-state index contributed by atoms with van der Waals surface area (Å²) < 4.78 is 29.4. The summed E-state index contributed by atoms with van der Waals surface area (Å²) in [5, 5.41) is 0. The highest BCUT2D eigenvalue weighted by atomic mass is 32.2. The summed E-state index contributed by atoms with van der Waals surface area (Å²) in [6.45, 7) is 8.69. The zero-order valence-corrected chi connectivity index (χ0v) is 14.0. The van der Waals surface area contributed by atoms with Crippen LogP contribution in [-0.4, -0.2) is 15.0 Å². The number of hydrogen-bond acceptors (Lipinski definition) is 3. The van der Waals surface area contributed by atoms with Gasteiger partial charge in [0, 0.05) is 0 Å². The van der Waals surface area contributed by atoms with Crippen LogP contribution in [0, 0.1) is 18.3 Å². The number of benzene rings is 1. The van der Waals surface area contributed by atoms with Crippen molar-refractivity contribution in [3.8, 4) is 0 Å². The molecule has 1 aromatic rings. The van der Waals surface area contributed by atoms with E-state index in [2.05, 4.69) is 26.8 Å². The van der Waals surface area contributed by atoms with Gasteiger partial charge in [-0.15, -0.1) is 0 Å². The van der Waals surface area contributed by atoms with Gasteiger partial charge in [0.15, 0.2) is 0 Å². The Balaban J connectivity index is 1.93. The molecule has 0 fully saturated rings. The number of rotatable bonds is 5. The summed E-state index contributed by atoms with van der Waals surface area (Å²) in [5.41, 5.74) is 2.54. The highest BCUT2D eigenvalue weighted by molar-refractivity contribution is 7.86. The first-order chi connectivity index (χ1) is 9.71. The third kappa shape index (κ3) is 3.95. The average molecular weight is 308 g/mol. The molecule has 0 amide bonds. The van der Waals surface area contributed by atoms with Gasteiger partial charge in [0.1, 0.15) is 0 Å². The standard InChI is InChI=1S/C17H24O3S/c1-13-5-7-16(8-6-13)21(18,19)20-10-9-15-11-14(2)12-17(15,3)4/h5-8,12,15H,9-11H2,1-4H3. The first-order valence-electron chi connectivity index (χ1n) is 7.35. The average Bonchev–Trinajstić information content (AvgIpc) is 2.62. The van der Waals surface area contributed by atoms with Crippen LogP contribution >= 0.6 is 0 Å². The van der Waals surface area contributed by atoms with Crippen molar-refractivity contribution in [1.82, 2.24) is 0 Å². The van der Waals surface area contributed by atoms with Crippen molar-refractivity contribution >= 4 is 10.1 Å². The predicted octanol–water partition coefficient (Wildman–Crippen LogP) is 4.08. The molecule has 21 heavy (non-hydrogen) atoms. The lowest BCUT2D eigenvalue weighted by molar-refractivity contribution is 0.223. The van der Waals surface area contributed by atoms with Crippen molar-refractivity contribution in [2.75, 3.05) is 6.61 Å². The lowest BCUT2D eigenvalue weighted by atomic mass is 9.80. The molecule has 1 aliphatic rings. The van der Waals surface area contributed by atoms with E-state index in [1.54, 1.807) is 24.3 Å². The van der Waals surface area contributed by atoms with Crippen molar-refractivity contribution in [3.63, 3.8) is 0 Å². The second kappa shape index (κ2) is 5.93. The Bertz CT molecular complexity index is 625. The lowest BCUT2D eigenvalue weighted by Gasteiger charge is -2.26. The van der Waals surface area contributed by atoms with Crippen LogP contribution in [-0.2, 0) is 14.3 Å². The Morgan fingerprint density at radius 2 is 1.81 bits per heavy atom. The van der Waals surface area contributed by atoms with E-state index in [1.807, 2.05) is 6.92 Å². The number of aryl methyl sites for hydroxylation is 1. The van der Waals surface area contributed by atoms with Crippen LogP contribution in [0.4, 0.5) is 0 Å². The van der Waals surface area contributed by atoms with E-state index in [4.69, 9.17) is 4.18 Å². The third-order valence-corrected chi connectivity index (χ3v) is 5.58. The third-order valence-electron chi connectivity index (χ3n) is 4.25. The fourth-order valence-electron chi connectivity index (χ4n) is 3.01. The minimum Gasteiger partial charge on any atom is -0.266 e. The van der Waals surface area contributed by atoms with Gasteiger partial charge < -0.3 is 0 Å². The van der Waals surface area contributed by atoms with E-state index in [1.165, 1.54) is 5.57 Å². The summed E-state index contributed by atoms with van der Waals surface area (Å²) in [6.07, 6.45) is 4.07. The molecule has 1 aromatic carbocycles. The Labute approximate surface area is 128 Å². The fourth-order valence-corrected chi connectivity index (χ4v) is 3.93. The SMILES string of the molecule is CC1=CC(C)(C)C(CCOS(=O)(=O)c2ccc(C)cc2)C1. The Morgan fingerprint density at radius 1 is 1.19 bits per heavy atom. The van der Waals surface area contributed by atoms with Gasteiger partial charge in [0.05, 0.1) is 11.5 Å². The van der Waals surface area contributed by atoms with Gasteiger partial charge in [-0.25, -0.2) is 0 Å². The molecular formula is C17H24O3S. The quantitative estimate of drug-likeness (QED) is 0.608. The molecule has 0 saturated heterocycles. The van der Waals surface area contributed by atoms with E-state index < -0.39 is 10.1 Å². The maximum atomic E-state index is 12.1. The molecule has 0 radical (unpaired) electrons. The van der Waals surface area contributed by atoms with Gasteiger partial charge in [-0.1, -0.05) is 43.2 Å². The highest BCUT2D eigenvalue weighted by Gasteiger charge is 2.32. The molecule has 0 bridgehead atoms. The Morgan fingerprint density at radius 3 is 2.33 bits per heavy atom. The molecule has 2 rings (SSSR count). The summed E-state index contributed by atoms with van der Waals surface area (Å²) in [7, 11) is -3.64. The molecule has 0 spiro atoms. The molecule has 0 heterocycles. The summed E-state index contributed by atoms with van der Waals surface area (Å²) in [4.78, 5) is 0.230. The Kier molecular flexibility index (Phi) is 4.59. The zero-order valence-electron chi connectivity index (χ0n) is 13.2. The van der Waals surface area contributed by atoms with Gasteiger partial charge >= 0.3 is 0 Å². The Hall–Kier alpha value is -1.13. The maximum Gasteiger partial charge on any atom is 0.296 e. The second-order valence-corrected chi connectivity index (χ2v) is 8.21. The molecule has 1 unspecified atom stereocenters. The van der Waals surface area contributed by atoms with E-state index in [9.17, 15) is 8.42 Å². The molecule has 0 aromatic heterocycles. The number of hydrogen-bond donors (Lipinski definition) is 0. The molecule has 116 valence electrons. The number of allylic oxidation sites excluding steroid dienone is 2. The monoisotopic (exact) mass is 308 g/mol. The van der Waals surface area contributed by atoms with E-state index in [0.29, 0.717) is 5.92 Å². The van der Waals surface area contributed by atoms with Crippen molar-refractivity contribution in [2.24, 2.45) is 11.3 Å². The first-order valence-corrected chi connectivity index (χ1v) is 8.76. The molecule has 0 aliphatic heterocycles. The van der Waals surface area contributed by atoms with Crippen molar-refractivity contribution < 1.29 is 12.6 Å². The van der Waals surface area contributed by atoms with Crippen LogP contribution < -0.4 is 0 Å². The van der Waals surface area contributed by atoms with Gasteiger partial charge in [-0.2, -0.15) is 8.42 Å². The molecule has 1 atom stereocenters. The fraction of sp³-hybridized carbons (Fsp3) is 0.529. The van der Waals surface area contributed by atoms with Gasteiger partial charge in [-0.05, 0) is 50.2 Å². The molecule has 0 saturated carbocycles. The molecule has 1 aliphatic carbocycles. The van der Waals surface area contributed by atoms with E-state index in [-0.39, 0.29) is 16.9 Å². The highest BCUT2D eigenvalue weighted by Crippen LogP contribution is 2.42. The molecule has 0 N–H and O–H groups in total. The lowest BCUT2D eigenvalue weighted by Crippen LogP contribution is -2.20. The largest absolute Gasteiger partial charge is 0.296 e. The zero-order chi connectivity index (χ0) is 15.7. The van der Waals surface area contributed by atoms with E-state index in [0.717, 1.165) is 18.4 Å². The summed E-state index contributed by atoms with van der Waals surface area (Å²) in [5.74, 6) is 0.450. The van der Waals surface area contributed by atoms with Gasteiger partial charge in [0.2, 0.25) is 0 Å². The molecule has 3 nitrogen and oxygen atoms in total. The van der Waals surface area contributed by atoms with Crippen molar-refractivity contribution in [1.29, 1.82) is 0 Å². The predicted molar refractivity (Wildman–Crippen MR) is 84.6 cm³/mol. The minimum atomic E-state index is -3.64. The summed E-state index contributed by atoms with van der Waals surface area (Å²) >= 11 is 0. The normalized spacial score (nSPS) is 21.3. The maximum absolute atomic E-state index is 12.1. The minimum absolute atomic E-state index is 0.126. The van der Waals surface area contributed by atoms with Crippen molar-refractivity contribution in [2.45, 2.75) is 45.4 Å².